The molecule has 152 valence electrons. The summed E-state index contributed by atoms with van der Waals surface area (Å²) in [5.41, 5.74) is 4.43. The van der Waals surface area contributed by atoms with Gasteiger partial charge in [0.05, 0.1) is 6.61 Å². The highest BCUT2D eigenvalue weighted by Gasteiger charge is 2.38. The van der Waals surface area contributed by atoms with E-state index in [9.17, 15) is 9.59 Å². The number of piperazine rings is 1. The Hall–Kier alpha value is -3.17. The molecule has 0 amide bonds. The van der Waals surface area contributed by atoms with Gasteiger partial charge in [-0.05, 0) is 32.2 Å². The number of ether oxygens (including phenoxy) is 2. The predicted octanol–water partition coefficient (Wildman–Crippen LogP) is 1.03. The van der Waals surface area contributed by atoms with Crippen LogP contribution in [0.5, 0.6) is 0 Å². The number of esters is 1. The lowest BCUT2D eigenvalue weighted by molar-refractivity contribution is -0.139. The van der Waals surface area contributed by atoms with Crippen LogP contribution in [0.1, 0.15) is 12.5 Å². The Morgan fingerprint density at radius 2 is 2.17 bits per heavy atom. The molecule has 0 bridgehead atoms. The maximum atomic E-state index is 12.9. The van der Waals surface area contributed by atoms with Crippen molar-refractivity contribution in [2.24, 2.45) is 0 Å². The van der Waals surface area contributed by atoms with Gasteiger partial charge in [0.25, 0.3) is 0 Å². The third kappa shape index (κ3) is 3.87. The number of allylic oxidation sites excluding steroid dienone is 1. The van der Waals surface area contributed by atoms with Gasteiger partial charge in [-0.3, -0.25) is 10.2 Å². The van der Waals surface area contributed by atoms with Crippen molar-refractivity contribution in [1.82, 2.24) is 25.3 Å². The van der Waals surface area contributed by atoms with Gasteiger partial charge in [0, 0.05) is 49.5 Å². The molecule has 0 unspecified atom stereocenters. The number of fused-ring (bicyclic) bond motifs is 1. The Morgan fingerprint density at radius 1 is 1.38 bits per heavy atom. The molecule has 1 fully saturated rings. The van der Waals surface area contributed by atoms with Crippen LogP contribution in [0.25, 0.3) is 17.1 Å². The molecule has 9 nitrogen and oxygen atoms in total. The molecule has 9 heteroatoms. The molecule has 2 aliphatic heterocycles. The number of H-pyrrole nitrogens is 1. The molecule has 29 heavy (non-hydrogen) atoms. The van der Waals surface area contributed by atoms with Gasteiger partial charge in [0.2, 0.25) is 11.7 Å². The molecule has 1 saturated heterocycles. The number of hydrogen-bond donors (Lipinski definition) is 2. The lowest BCUT2D eigenvalue weighted by atomic mass is 10.1. The molecule has 2 aliphatic rings. The summed E-state index contributed by atoms with van der Waals surface area (Å²) >= 11 is 0. The second-order valence-electron chi connectivity index (χ2n) is 6.91. The van der Waals surface area contributed by atoms with Gasteiger partial charge in [0.15, 0.2) is 11.3 Å². The number of pyridine rings is 1. The Bertz CT molecular complexity index is 1000. The Morgan fingerprint density at radius 3 is 2.93 bits per heavy atom. The number of nitrogens with zero attached hydrogens (tertiary/aromatic N) is 3. The smallest absolute Gasteiger partial charge is 0.347 e. The number of Topliss-reactive ketones (excluding diaryl/α,β-unsaturated/α-hetero) is 1. The normalized spacial score (nSPS) is 19.8. The minimum absolute atomic E-state index is 0.0643. The average molecular weight is 397 g/mol. The highest BCUT2D eigenvalue weighted by Crippen LogP contribution is 2.28. The summed E-state index contributed by atoms with van der Waals surface area (Å²) in [7, 11) is 2.05. The van der Waals surface area contributed by atoms with Crippen LogP contribution in [0.4, 0.5) is 0 Å². The van der Waals surface area contributed by atoms with E-state index in [0.29, 0.717) is 5.65 Å². The highest BCUT2D eigenvalue weighted by molar-refractivity contribution is 6.26. The number of aromatic nitrogens is 2. The number of nitrogens with one attached hydrogen (secondary N) is 2. The molecule has 2 N–H and O–H groups in total. The predicted molar refractivity (Wildman–Crippen MR) is 106 cm³/mol. The van der Waals surface area contributed by atoms with E-state index in [1.807, 2.05) is 24.2 Å². The number of rotatable bonds is 5. The van der Waals surface area contributed by atoms with Gasteiger partial charge in [0.1, 0.15) is 5.65 Å². The van der Waals surface area contributed by atoms with Crippen molar-refractivity contribution in [3.8, 4) is 0 Å². The van der Waals surface area contributed by atoms with Crippen LogP contribution in [0, 0.1) is 0 Å². The number of aromatic amines is 1. The summed E-state index contributed by atoms with van der Waals surface area (Å²) in [6.45, 7) is 5.08. The number of ketones is 1. The van der Waals surface area contributed by atoms with Crippen LogP contribution in [-0.2, 0) is 19.1 Å². The van der Waals surface area contributed by atoms with Gasteiger partial charge >= 0.3 is 5.97 Å². The lowest BCUT2D eigenvalue weighted by Crippen LogP contribution is -2.50. The van der Waals surface area contributed by atoms with Crippen LogP contribution in [0.2, 0.25) is 0 Å². The van der Waals surface area contributed by atoms with Crippen LogP contribution in [-0.4, -0.2) is 71.5 Å². The van der Waals surface area contributed by atoms with E-state index in [0.717, 1.165) is 37.1 Å². The molecule has 2 aromatic rings. The standard InChI is InChI=1S/C20H23N5O4/c1-3-28-20(27)16-17(26)15(11-13-12-22-18-14(13)5-4-6-21-18)29-19(16)23-25-9-7-24(2)8-10-25/h4-6,11-12,23H,3,7-10H2,1-2H3,(H,21,22)/b15-11-. The minimum Gasteiger partial charge on any atom is -0.462 e. The summed E-state index contributed by atoms with van der Waals surface area (Å²) in [5, 5.41) is 2.79. The van der Waals surface area contributed by atoms with Gasteiger partial charge in [-0.15, -0.1) is 0 Å². The molecule has 4 rings (SSSR count). The van der Waals surface area contributed by atoms with Crippen LogP contribution >= 0.6 is 0 Å². The quantitative estimate of drug-likeness (QED) is 0.438. The van der Waals surface area contributed by atoms with E-state index in [-0.39, 0.29) is 23.8 Å². The fourth-order valence-electron chi connectivity index (χ4n) is 3.30. The van der Waals surface area contributed by atoms with Crippen LogP contribution in [0.15, 0.2) is 41.7 Å². The Labute approximate surface area is 167 Å². The first-order valence-electron chi connectivity index (χ1n) is 9.54. The fourth-order valence-corrected chi connectivity index (χ4v) is 3.30. The summed E-state index contributed by atoms with van der Waals surface area (Å²) < 4.78 is 10.9. The molecule has 0 aromatic carbocycles. The molecular formula is C20H23N5O4. The van der Waals surface area contributed by atoms with Crippen molar-refractivity contribution in [3.63, 3.8) is 0 Å². The number of hydrazine groups is 1. The lowest BCUT2D eigenvalue weighted by Gasteiger charge is -2.32. The monoisotopic (exact) mass is 397 g/mol. The van der Waals surface area contributed by atoms with E-state index in [1.165, 1.54) is 0 Å². The first kappa shape index (κ1) is 19.2. The first-order chi connectivity index (χ1) is 14.1. The second-order valence-corrected chi connectivity index (χ2v) is 6.91. The van der Waals surface area contributed by atoms with Crippen molar-refractivity contribution in [2.45, 2.75) is 6.92 Å². The van der Waals surface area contributed by atoms with E-state index in [2.05, 4.69) is 20.3 Å². The maximum absolute atomic E-state index is 12.9. The number of likely N-dealkylation sites (N-methyl/N-ethyl adjacent to an activating group) is 1. The summed E-state index contributed by atoms with van der Waals surface area (Å²) in [5.74, 6) is -1.02. The molecule has 0 aliphatic carbocycles. The van der Waals surface area contributed by atoms with Crippen molar-refractivity contribution >= 4 is 28.9 Å². The largest absolute Gasteiger partial charge is 0.462 e. The van der Waals surface area contributed by atoms with Gasteiger partial charge in [-0.2, -0.15) is 0 Å². The fraction of sp³-hybridized carbons (Fsp3) is 0.350. The average Bonchev–Trinajstić information content (AvgIpc) is 3.25. The topological polar surface area (TPSA) is 99.8 Å². The molecule has 4 heterocycles. The molecule has 0 spiro atoms. The van der Waals surface area contributed by atoms with E-state index in [4.69, 9.17) is 9.47 Å². The number of carbonyl (C=O) groups is 2. The van der Waals surface area contributed by atoms with Gasteiger partial charge < -0.3 is 19.4 Å². The molecular weight excluding hydrogens is 374 g/mol. The van der Waals surface area contributed by atoms with E-state index in [1.54, 1.807) is 25.4 Å². The second kappa shape index (κ2) is 8.06. The number of carbonyl (C=O) groups excluding carboxylic acids is 2. The minimum atomic E-state index is -0.696. The molecule has 0 atom stereocenters. The first-order valence-corrected chi connectivity index (χ1v) is 9.54. The van der Waals surface area contributed by atoms with E-state index < -0.39 is 11.8 Å². The highest BCUT2D eigenvalue weighted by atomic mass is 16.5. The summed E-state index contributed by atoms with van der Waals surface area (Å²) in [6.07, 6.45) is 5.05. The maximum Gasteiger partial charge on any atom is 0.347 e. The van der Waals surface area contributed by atoms with Crippen LogP contribution < -0.4 is 5.43 Å². The van der Waals surface area contributed by atoms with E-state index >= 15 is 0 Å². The summed E-state index contributed by atoms with van der Waals surface area (Å²) in [4.78, 5) is 34.9. The zero-order chi connectivity index (χ0) is 20.4. The van der Waals surface area contributed by atoms with Crippen molar-refractivity contribution in [1.29, 1.82) is 0 Å². The zero-order valence-corrected chi connectivity index (χ0v) is 16.4. The zero-order valence-electron chi connectivity index (χ0n) is 16.4. The van der Waals surface area contributed by atoms with Gasteiger partial charge in [-0.25, -0.2) is 14.8 Å². The summed E-state index contributed by atoms with van der Waals surface area (Å²) in [6, 6.07) is 3.71. The SMILES string of the molecule is CCOC(=O)C1=C(NN2CCN(C)CC2)O/C(=C\c2c[nH]c3ncccc23)C1=O. The molecule has 0 radical (unpaired) electrons. The molecule has 2 aromatic heterocycles. The number of hydrogen-bond acceptors (Lipinski definition) is 8. The third-order valence-corrected chi connectivity index (χ3v) is 4.90. The van der Waals surface area contributed by atoms with Gasteiger partial charge in [-0.1, -0.05) is 0 Å². The third-order valence-electron chi connectivity index (χ3n) is 4.90. The van der Waals surface area contributed by atoms with Crippen LogP contribution in [0.3, 0.4) is 0 Å². The molecule has 0 saturated carbocycles. The Balaban J connectivity index is 1.62. The van der Waals surface area contributed by atoms with Crippen molar-refractivity contribution < 1.29 is 19.1 Å². The van der Waals surface area contributed by atoms with Crippen molar-refractivity contribution in [3.05, 3.63) is 47.3 Å². The van der Waals surface area contributed by atoms with Crippen molar-refractivity contribution in [2.75, 3.05) is 39.8 Å². The Kier molecular flexibility index (Phi) is 5.32.